The number of benzene rings is 2. The summed E-state index contributed by atoms with van der Waals surface area (Å²) in [4.78, 5) is 14.7. The Bertz CT molecular complexity index is 927. The smallest absolute Gasteiger partial charge is 0.232 e. The van der Waals surface area contributed by atoms with E-state index in [-0.39, 0.29) is 5.91 Å². The fraction of sp³-hybridized carbons (Fsp3) is 0.350. The Hall–Kier alpha value is -2.54. The number of carbonyl (C=O) groups excluding carboxylic acids is 1. The van der Waals surface area contributed by atoms with E-state index in [1.54, 1.807) is 30.2 Å². The molecule has 3 rings (SSSR count). The largest absolute Gasteiger partial charge is 0.496 e. The van der Waals surface area contributed by atoms with E-state index >= 15 is 0 Å². The first kappa shape index (κ1) is 19.2. The molecule has 0 aromatic heterocycles. The molecule has 1 heterocycles. The number of ether oxygens (including phenoxy) is 1. The molecule has 6 nitrogen and oxygen atoms in total. The van der Waals surface area contributed by atoms with Crippen molar-refractivity contribution < 1.29 is 17.9 Å². The van der Waals surface area contributed by atoms with E-state index in [9.17, 15) is 13.2 Å². The average molecular weight is 388 g/mol. The van der Waals surface area contributed by atoms with Gasteiger partial charge in [0.05, 0.1) is 24.7 Å². The predicted molar refractivity (Wildman–Crippen MR) is 107 cm³/mol. The maximum Gasteiger partial charge on any atom is 0.232 e. The van der Waals surface area contributed by atoms with Crippen LogP contribution in [0.4, 0.5) is 11.4 Å². The average Bonchev–Trinajstić information content (AvgIpc) is 2.86. The number of sulfonamides is 1. The van der Waals surface area contributed by atoms with Gasteiger partial charge in [0.2, 0.25) is 15.9 Å². The number of fused-ring (bicyclic) bond motifs is 1. The van der Waals surface area contributed by atoms with Crippen molar-refractivity contribution in [2.75, 3.05) is 35.7 Å². The Morgan fingerprint density at radius 2 is 1.70 bits per heavy atom. The van der Waals surface area contributed by atoms with Gasteiger partial charge >= 0.3 is 0 Å². The van der Waals surface area contributed by atoms with Crippen LogP contribution in [0.25, 0.3) is 0 Å². The lowest BCUT2D eigenvalue weighted by atomic mass is 10.1. The molecule has 0 unspecified atom stereocenters. The summed E-state index contributed by atoms with van der Waals surface area (Å²) in [5.74, 6) is 0.744. The summed E-state index contributed by atoms with van der Waals surface area (Å²) < 4.78 is 31.1. The molecule has 0 aliphatic carbocycles. The summed E-state index contributed by atoms with van der Waals surface area (Å²) >= 11 is 0. The van der Waals surface area contributed by atoms with E-state index in [2.05, 4.69) is 0 Å². The SMILES string of the molecule is COc1ccccc1CCC(=O)N1CCCN(S(C)(=O)=O)c2ccccc21. The van der Waals surface area contributed by atoms with Gasteiger partial charge in [-0.1, -0.05) is 30.3 Å². The summed E-state index contributed by atoms with van der Waals surface area (Å²) in [7, 11) is -1.78. The molecule has 0 saturated carbocycles. The van der Waals surface area contributed by atoms with Crippen molar-refractivity contribution in [3.05, 3.63) is 54.1 Å². The summed E-state index contributed by atoms with van der Waals surface area (Å²) in [6.45, 7) is 0.861. The molecule has 0 atom stereocenters. The minimum absolute atomic E-state index is 0.0243. The highest BCUT2D eigenvalue weighted by Crippen LogP contribution is 2.34. The van der Waals surface area contributed by atoms with Crippen LogP contribution in [0.15, 0.2) is 48.5 Å². The van der Waals surface area contributed by atoms with E-state index in [4.69, 9.17) is 4.74 Å². The number of hydrogen-bond acceptors (Lipinski definition) is 4. The third-order valence-electron chi connectivity index (χ3n) is 4.69. The zero-order valence-electron chi connectivity index (χ0n) is 15.6. The van der Waals surface area contributed by atoms with E-state index in [1.807, 2.05) is 30.3 Å². The lowest BCUT2D eigenvalue weighted by molar-refractivity contribution is -0.118. The van der Waals surface area contributed by atoms with Crippen molar-refractivity contribution in [2.45, 2.75) is 19.3 Å². The van der Waals surface area contributed by atoms with Crippen LogP contribution in [-0.2, 0) is 21.2 Å². The zero-order valence-corrected chi connectivity index (χ0v) is 16.4. The van der Waals surface area contributed by atoms with Gasteiger partial charge in [-0.3, -0.25) is 9.10 Å². The van der Waals surface area contributed by atoms with Crippen molar-refractivity contribution in [2.24, 2.45) is 0 Å². The summed E-state index contributed by atoms with van der Waals surface area (Å²) in [6.07, 6.45) is 2.68. The molecule has 7 heteroatoms. The van der Waals surface area contributed by atoms with Gasteiger partial charge in [0.15, 0.2) is 0 Å². The second-order valence-corrected chi connectivity index (χ2v) is 8.44. The molecule has 0 saturated heterocycles. The molecular formula is C20H24N2O4S. The molecule has 27 heavy (non-hydrogen) atoms. The summed E-state index contributed by atoms with van der Waals surface area (Å²) in [5.41, 5.74) is 2.18. The van der Waals surface area contributed by atoms with Gasteiger partial charge in [-0.05, 0) is 36.6 Å². The van der Waals surface area contributed by atoms with E-state index in [1.165, 1.54) is 10.6 Å². The molecule has 0 fully saturated rings. The van der Waals surface area contributed by atoms with Gasteiger partial charge in [-0.15, -0.1) is 0 Å². The van der Waals surface area contributed by atoms with Crippen LogP contribution < -0.4 is 13.9 Å². The van der Waals surface area contributed by atoms with Crippen LogP contribution in [0, 0.1) is 0 Å². The monoisotopic (exact) mass is 388 g/mol. The van der Waals surface area contributed by atoms with Crippen LogP contribution in [0.1, 0.15) is 18.4 Å². The molecule has 1 aliphatic heterocycles. The highest BCUT2D eigenvalue weighted by atomic mass is 32.2. The number of methoxy groups -OCH3 is 1. The van der Waals surface area contributed by atoms with Crippen molar-refractivity contribution in [3.8, 4) is 5.75 Å². The number of rotatable bonds is 5. The molecular weight excluding hydrogens is 364 g/mol. The molecule has 2 aromatic rings. The van der Waals surface area contributed by atoms with Gasteiger partial charge in [-0.25, -0.2) is 8.42 Å². The van der Waals surface area contributed by atoms with Crippen LogP contribution in [0.2, 0.25) is 0 Å². The van der Waals surface area contributed by atoms with E-state index in [0.29, 0.717) is 43.7 Å². The van der Waals surface area contributed by atoms with E-state index in [0.717, 1.165) is 11.3 Å². The van der Waals surface area contributed by atoms with Gasteiger partial charge in [0.1, 0.15) is 5.75 Å². The second kappa shape index (κ2) is 8.00. The summed E-state index contributed by atoms with van der Waals surface area (Å²) in [5, 5.41) is 0. The first-order valence-corrected chi connectivity index (χ1v) is 10.8. The highest BCUT2D eigenvalue weighted by Gasteiger charge is 2.28. The number of hydrogen-bond donors (Lipinski definition) is 0. The number of anilines is 2. The maximum atomic E-state index is 13.0. The standard InChI is InChI=1S/C20H24N2O4S/c1-26-19-11-6-3-8-16(19)12-13-20(23)21-14-7-15-22(27(2,24)25)18-10-5-4-9-17(18)21/h3-6,8-11H,7,12-15H2,1-2H3. The van der Waals surface area contributed by atoms with Crippen molar-refractivity contribution >= 4 is 27.3 Å². The Balaban J connectivity index is 1.84. The topological polar surface area (TPSA) is 66.9 Å². The normalized spacial score (nSPS) is 14.4. The first-order chi connectivity index (χ1) is 12.9. The zero-order chi connectivity index (χ0) is 19.4. The van der Waals surface area contributed by atoms with Crippen LogP contribution in [-0.4, -0.2) is 40.8 Å². The molecule has 0 N–H and O–H groups in total. The van der Waals surface area contributed by atoms with Gasteiger partial charge < -0.3 is 9.64 Å². The number of para-hydroxylation sites is 3. The third-order valence-corrected chi connectivity index (χ3v) is 5.87. The lowest BCUT2D eigenvalue weighted by Gasteiger charge is -2.25. The minimum atomic E-state index is -3.40. The molecule has 0 spiro atoms. The van der Waals surface area contributed by atoms with Crippen molar-refractivity contribution in [3.63, 3.8) is 0 Å². The molecule has 0 radical (unpaired) electrons. The third kappa shape index (κ3) is 4.24. The molecule has 144 valence electrons. The number of carbonyl (C=O) groups is 1. The van der Waals surface area contributed by atoms with Gasteiger partial charge in [0, 0.05) is 19.5 Å². The Kier molecular flexibility index (Phi) is 5.70. The Morgan fingerprint density at radius 1 is 1.04 bits per heavy atom. The molecule has 0 bridgehead atoms. The van der Waals surface area contributed by atoms with Crippen molar-refractivity contribution in [1.29, 1.82) is 0 Å². The number of nitrogens with zero attached hydrogens (tertiary/aromatic N) is 2. The lowest BCUT2D eigenvalue weighted by Crippen LogP contribution is -2.31. The number of amides is 1. The van der Waals surface area contributed by atoms with Gasteiger partial charge in [0.25, 0.3) is 0 Å². The van der Waals surface area contributed by atoms with Crippen LogP contribution >= 0.6 is 0 Å². The minimum Gasteiger partial charge on any atom is -0.496 e. The number of aryl methyl sites for hydroxylation is 1. The quantitative estimate of drug-likeness (QED) is 0.790. The first-order valence-electron chi connectivity index (χ1n) is 8.91. The fourth-order valence-electron chi connectivity index (χ4n) is 3.41. The predicted octanol–water partition coefficient (Wildman–Crippen LogP) is 2.83. The molecule has 1 aliphatic rings. The van der Waals surface area contributed by atoms with E-state index < -0.39 is 10.0 Å². The maximum absolute atomic E-state index is 13.0. The Morgan fingerprint density at radius 3 is 2.41 bits per heavy atom. The molecule has 2 aromatic carbocycles. The van der Waals surface area contributed by atoms with Crippen molar-refractivity contribution in [1.82, 2.24) is 0 Å². The Labute approximate surface area is 160 Å². The van der Waals surface area contributed by atoms with Crippen LogP contribution in [0.3, 0.4) is 0 Å². The fourth-order valence-corrected chi connectivity index (χ4v) is 4.38. The molecule has 1 amide bonds. The highest BCUT2D eigenvalue weighted by molar-refractivity contribution is 7.92. The summed E-state index contributed by atoms with van der Waals surface area (Å²) in [6, 6.07) is 14.8. The van der Waals surface area contributed by atoms with Crippen LogP contribution in [0.5, 0.6) is 5.75 Å². The van der Waals surface area contributed by atoms with Gasteiger partial charge in [-0.2, -0.15) is 0 Å². The second-order valence-electron chi connectivity index (χ2n) is 6.53.